The van der Waals surface area contributed by atoms with Gasteiger partial charge in [-0.2, -0.15) is 0 Å². The molecule has 0 saturated carbocycles. The number of allylic oxidation sites excluding steroid dienone is 8. The van der Waals surface area contributed by atoms with Crippen LogP contribution in [0, 0.1) is 23.7 Å². The van der Waals surface area contributed by atoms with Crippen LogP contribution < -0.4 is 4.90 Å². The first-order valence-electron chi connectivity index (χ1n) is 13.2. The van der Waals surface area contributed by atoms with Crippen LogP contribution in [0.1, 0.15) is 12.8 Å². The number of rotatable bonds is 6. The number of benzene rings is 4. The minimum Gasteiger partial charge on any atom is -0.313 e. The number of anilines is 2. The fourth-order valence-corrected chi connectivity index (χ4v) is 4.80. The van der Waals surface area contributed by atoms with Crippen LogP contribution in [-0.4, -0.2) is 0 Å². The van der Waals surface area contributed by atoms with Gasteiger partial charge < -0.3 is 4.90 Å². The largest absolute Gasteiger partial charge is 0.313 e. The van der Waals surface area contributed by atoms with Crippen molar-refractivity contribution < 1.29 is 0 Å². The highest BCUT2D eigenvalue weighted by atomic mass is 15.1. The third-order valence-corrected chi connectivity index (χ3v) is 6.82. The summed E-state index contributed by atoms with van der Waals surface area (Å²) in [5.74, 6) is 13.2. The van der Waals surface area contributed by atoms with Crippen molar-refractivity contribution in [2.24, 2.45) is 0 Å². The fourth-order valence-electron chi connectivity index (χ4n) is 4.80. The molecule has 1 nitrogen and oxygen atoms in total. The molecule has 0 saturated heterocycles. The summed E-state index contributed by atoms with van der Waals surface area (Å²) in [6.07, 6.45) is 11.9. The molecule has 4 aromatic carbocycles. The zero-order valence-corrected chi connectivity index (χ0v) is 21.6. The smallest absolute Gasteiger partial charge is 0.0501 e. The summed E-state index contributed by atoms with van der Waals surface area (Å²) in [6.45, 7) is 0. The topological polar surface area (TPSA) is 3.24 Å². The van der Waals surface area contributed by atoms with Gasteiger partial charge in [0, 0.05) is 34.6 Å². The first-order valence-corrected chi connectivity index (χ1v) is 13.2. The van der Waals surface area contributed by atoms with Crippen LogP contribution >= 0.6 is 0 Å². The van der Waals surface area contributed by atoms with Gasteiger partial charge >= 0.3 is 0 Å². The molecule has 0 unspecified atom stereocenters. The minimum absolute atomic E-state index is 0.647. The molecule has 0 bridgehead atoms. The molecule has 1 heteroatoms. The Bertz CT molecular complexity index is 1710. The van der Waals surface area contributed by atoms with Gasteiger partial charge in [0.25, 0.3) is 0 Å². The Morgan fingerprint density at radius 3 is 1.72 bits per heavy atom. The molecule has 4 aromatic rings. The van der Waals surface area contributed by atoms with Gasteiger partial charge in [-0.25, -0.2) is 0 Å². The molecule has 0 atom stereocenters. The first kappa shape index (κ1) is 24.1. The fraction of sp³-hybridized carbons (Fsp3) is 0.0526. The summed E-state index contributed by atoms with van der Waals surface area (Å²) < 4.78 is 0. The third kappa shape index (κ3) is 5.55. The molecule has 0 aliphatic heterocycles. The molecule has 0 radical (unpaired) electrons. The summed E-state index contributed by atoms with van der Waals surface area (Å²) in [5, 5.41) is 0. The van der Waals surface area contributed by atoms with E-state index >= 15 is 0 Å². The van der Waals surface area contributed by atoms with Gasteiger partial charge in [-0.05, 0) is 64.7 Å². The summed E-state index contributed by atoms with van der Waals surface area (Å²) >= 11 is 0. The Morgan fingerprint density at radius 2 is 1.03 bits per heavy atom. The van der Waals surface area contributed by atoms with Crippen molar-refractivity contribution in [1.82, 2.24) is 0 Å². The van der Waals surface area contributed by atoms with Gasteiger partial charge in [0.1, 0.15) is 0 Å². The first-order chi connectivity index (χ1) is 19.3. The second kappa shape index (κ2) is 11.4. The summed E-state index contributed by atoms with van der Waals surface area (Å²) in [4.78, 5) is 2.30. The van der Waals surface area contributed by atoms with E-state index in [9.17, 15) is 0 Å². The number of para-hydroxylation sites is 1. The standard InChI is InChI=1S/C38H27N/c1-2-6-13-30(12-5-1)32-16-11-19-37(27-24-32)39(36-17-9-4-10-18-36)38-28-25-35(26-29-38)34-22-20-33(21-23-34)31-14-7-3-8-15-31/h1,3-5,7-10,12,14-15,17-18,20-29H,2,19H2. The van der Waals surface area contributed by atoms with E-state index in [0.29, 0.717) is 6.42 Å². The van der Waals surface area contributed by atoms with Crippen LogP contribution in [-0.2, 0) is 0 Å². The van der Waals surface area contributed by atoms with E-state index in [1.165, 1.54) is 22.3 Å². The number of nitrogens with zero attached hydrogens (tertiary/aromatic N) is 1. The monoisotopic (exact) mass is 497 g/mol. The van der Waals surface area contributed by atoms with E-state index in [-0.39, 0.29) is 0 Å². The maximum absolute atomic E-state index is 3.38. The van der Waals surface area contributed by atoms with E-state index in [1.807, 2.05) is 18.2 Å². The highest BCUT2D eigenvalue weighted by Gasteiger charge is 2.15. The highest BCUT2D eigenvalue weighted by molar-refractivity contribution is 5.75. The van der Waals surface area contributed by atoms with Crippen LogP contribution in [0.2, 0.25) is 0 Å². The molecule has 2 aliphatic carbocycles. The second-order valence-electron chi connectivity index (χ2n) is 9.39. The second-order valence-corrected chi connectivity index (χ2v) is 9.39. The maximum atomic E-state index is 3.38. The lowest BCUT2D eigenvalue weighted by molar-refractivity contribution is 1.10. The predicted molar refractivity (Wildman–Crippen MR) is 164 cm³/mol. The number of hydrogen-bond donors (Lipinski definition) is 0. The number of hydrogen-bond acceptors (Lipinski definition) is 1. The Labute approximate surface area is 231 Å². The molecule has 0 heterocycles. The van der Waals surface area contributed by atoms with Crippen LogP contribution in [0.3, 0.4) is 0 Å². The van der Waals surface area contributed by atoms with E-state index in [2.05, 4.69) is 150 Å². The molecule has 39 heavy (non-hydrogen) atoms. The average Bonchev–Trinajstić information content (AvgIpc) is 3.43. The molecule has 0 spiro atoms. The van der Waals surface area contributed by atoms with Crippen molar-refractivity contribution in [3.05, 3.63) is 156 Å². The van der Waals surface area contributed by atoms with E-state index in [4.69, 9.17) is 0 Å². The van der Waals surface area contributed by atoms with Gasteiger partial charge in [0.15, 0.2) is 0 Å². The van der Waals surface area contributed by atoms with Gasteiger partial charge in [0.05, 0.1) is 6.42 Å². The van der Waals surface area contributed by atoms with Gasteiger partial charge in [-0.3, -0.25) is 0 Å². The third-order valence-electron chi connectivity index (χ3n) is 6.82. The molecule has 184 valence electrons. The lowest BCUT2D eigenvalue weighted by atomic mass is 10.00. The van der Waals surface area contributed by atoms with Gasteiger partial charge in [-0.15, -0.1) is 0 Å². The average molecular weight is 498 g/mol. The predicted octanol–water partition coefficient (Wildman–Crippen LogP) is 9.27. The molecular formula is C38H27N. The summed E-state index contributed by atoms with van der Waals surface area (Å²) in [6, 6.07) is 38.5. The van der Waals surface area contributed by atoms with Crippen molar-refractivity contribution in [2.45, 2.75) is 12.8 Å². The van der Waals surface area contributed by atoms with E-state index in [0.717, 1.165) is 34.6 Å². The SMILES string of the molecule is C1#CC(C2=CC=C(N(c3ccccc3)c3ccc(-c4ccc(-c5ccccc5)cc4)cc3)CC#C2)=CC=CC1. The summed E-state index contributed by atoms with van der Waals surface area (Å²) in [7, 11) is 0. The highest BCUT2D eigenvalue weighted by Crippen LogP contribution is 2.34. The lowest BCUT2D eigenvalue weighted by Crippen LogP contribution is -2.16. The molecule has 0 N–H and O–H groups in total. The van der Waals surface area contributed by atoms with E-state index in [1.54, 1.807) is 0 Å². The summed E-state index contributed by atoms with van der Waals surface area (Å²) in [5.41, 5.74) is 10.1. The Kier molecular flexibility index (Phi) is 7.07. The molecule has 2 aliphatic rings. The molecule has 0 aromatic heterocycles. The van der Waals surface area contributed by atoms with Gasteiger partial charge in [-0.1, -0.05) is 121 Å². The molecule has 0 amide bonds. The van der Waals surface area contributed by atoms with Crippen molar-refractivity contribution in [1.29, 1.82) is 0 Å². The van der Waals surface area contributed by atoms with E-state index < -0.39 is 0 Å². The van der Waals surface area contributed by atoms with Crippen LogP contribution in [0.4, 0.5) is 11.4 Å². The van der Waals surface area contributed by atoms with Crippen LogP contribution in [0.15, 0.2) is 156 Å². The minimum atomic E-state index is 0.647. The quantitative estimate of drug-likeness (QED) is 0.240. The molecular weight excluding hydrogens is 470 g/mol. The Hall–Kier alpha value is -5.24. The Morgan fingerprint density at radius 1 is 0.487 bits per heavy atom. The zero-order chi connectivity index (χ0) is 26.3. The lowest BCUT2D eigenvalue weighted by Gasteiger charge is -2.27. The maximum Gasteiger partial charge on any atom is 0.0501 e. The van der Waals surface area contributed by atoms with Crippen molar-refractivity contribution in [3.8, 4) is 45.9 Å². The van der Waals surface area contributed by atoms with Crippen molar-refractivity contribution in [2.75, 3.05) is 4.90 Å². The van der Waals surface area contributed by atoms with Crippen LogP contribution in [0.5, 0.6) is 0 Å². The zero-order valence-electron chi connectivity index (χ0n) is 21.6. The van der Waals surface area contributed by atoms with Crippen LogP contribution in [0.25, 0.3) is 22.3 Å². The molecule has 0 fully saturated rings. The van der Waals surface area contributed by atoms with Crippen molar-refractivity contribution >= 4 is 11.4 Å². The molecule has 6 rings (SSSR count). The normalized spacial score (nSPS) is 13.8. The van der Waals surface area contributed by atoms with Crippen molar-refractivity contribution in [3.63, 3.8) is 0 Å². The Balaban J connectivity index is 1.31. The van der Waals surface area contributed by atoms with Gasteiger partial charge in [0.2, 0.25) is 0 Å².